The Kier molecular flexibility index (Phi) is 4.68. The summed E-state index contributed by atoms with van der Waals surface area (Å²) >= 11 is 0. The van der Waals surface area contributed by atoms with E-state index in [9.17, 15) is 9.59 Å². The van der Waals surface area contributed by atoms with Crippen LogP contribution in [0.5, 0.6) is 17.2 Å². The van der Waals surface area contributed by atoms with Gasteiger partial charge in [0.2, 0.25) is 0 Å². The normalized spacial score (nSPS) is 12.0. The minimum atomic E-state index is -0.317. The van der Waals surface area contributed by atoms with Crippen molar-refractivity contribution < 1.29 is 19.1 Å². The minimum absolute atomic E-state index is 0.300. The molecule has 0 bridgehead atoms. The summed E-state index contributed by atoms with van der Waals surface area (Å²) < 4.78 is 11.4. The van der Waals surface area contributed by atoms with E-state index >= 15 is 0 Å². The predicted molar refractivity (Wildman–Crippen MR) is 106 cm³/mol. The number of hydrogen-bond acceptors (Lipinski definition) is 4. The molecule has 6 heteroatoms. The van der Waals surface area contributed by atoms with Crippen molar-refractivity contribution in [2.45, 2.75) is 6.92 Å². The van der Waals surface area contributed by atoms with Gasteiger partial charge in [0.05, 0.1) is 23.4 Å². The highest BCUT2D eigenvalue weighted by atomic mass is 16.5. The fraction of sp³-hybridized carbons (Fsp3) is 0.0909. The second-order valence-corrected chi connectivity index (χ2v) is 6.15. The zero-order chi connectivity index (χ0) is 19.5. The van der Waals surface area contributed by atoms with Crippen LogP contribution in [0.4, 0.5) is 11.4 Å². The smallest absolute Gasteiger partial charge is 0.259 e. The van der Waals surface area contributed by atoms with Crippen LogP contribution in [0.25, 0.3) is 0 Å². The second-order valence-electron chi connectivity index (χ2n) is 6.15. The van der Waals surface area contributed by atoms with Crippen molar-refractivity contribution >= 4 is 23.2 Å². The van der Waals surface area contributed by atoms with Crippen LogP contribution >= 0.6 is 0 Å². The van der Waals surface area contributed by atoms with Gasteiger partial charge in [-0.05, 0) is 49.4 Å². The van der Waals surface area contributed by atoms with Gasteiger partial charge in [0.15, 0.2) is 5.75 Å². The molecule has 0 atom stereocenters. The first-order valence-electron chi connectivity index (χ1n) is 8.91. The van der Waals surface area contributed by atoms with Gasteiger partial charge in [-0.2, -0.15) is 0 Å². The number of hydrogen-bond donors (Lipinski definition) is 2. The van der Waals surface area contributed by atoms with Crippen molar-refractivity contribution in [3.63, 3.8) is 0 Å². The van der Waals surface area contributed by atoms with Crippen molar-refractivity contribution in [1.29, 1.82) is 0 Å². The predicted octanol–water partition coefficient (Wildman–Crippen LogP) is 4.70. The molecule has 1 heterocycles. The van der Waals surface area contributed by atoms with Crippen LogP contribution in [0.1, 0.15) is 27.6 Å². The molecular weight excluding hydrogens is 356 g/mol. The van der Waals surface area contributed by atoms with E-state index < -0.39 is 0 Å². The fourth-order valence-corrected chi connectivity index (χ4v) is 2.98. The first-order chi connectivity index (χ1) is 13.7. The zero-order valence-electron chi connectivity index (χ0n) is 15.2. The van der Waals surface area contributed by atoms with Gasteiger partial charge in [-0.25, -0.2) is 0 Å². The standard InChI is InChI=1S/C22H18N2O4/c1-2-27-18-9-5-3-7-15(18)21(25)23-14-11-12-19-16(13-14)22(26)24-17-8-4-6-10-20(17)28-19/h3-13H,2H2,1H3,(H,23,25)(H,24,26). The number of nitrogens with one attached hydrogen (secondary N) is 2. The third-order valence-electron chi connectivity index (χ3n) is 4.27. The van der Waals surface area contributed by atoms with Crippen molar-refractivity contribution in [2.75, 3.05) is 17.2 Å². The third-order valence-corrected chi connectivity index (χ3v) is 4.27. The molecule has 140 valence electrons. The van der Waals surface area contributed by atoms with E-state index in [1.807, 2.05) is 25.1 Å². The molecule has 1 aliphatic heterocycles. The number of carbonyl (C=O) groups is 2. The van der Waals surface area contributed by atoms with Crippen LogP contribution in [0.3, 0.4) is 0 Å². The van der Waals surface area contributed by atoms with Gasteiger partial charge in [-0.1, -0.05) is 24.3 Å². The molecule has 0 saturated carbocycles. The van der Waals surface area contributed by atoms with E-state index in [1.165, 1.54) is 0 Å². The highest BCUT2D eigenvalue weighted by Gasteiger charge is 2.21. The van der Waals surface area contributed by atoms with E-state index in [4.69, 9.17) is 9.47 Å². The molecule has 3 aromatic carbocycles. The van der Waals surface area contributed by atoms with E-state index in [-0.39, 0.29) is 11.8 Å². The lowest BCUT2D eigenvalue weighted by atomic mass is 10.1. The molecule has 0 unspecified atom stereocenters. The van der Waals surface area contributed by atoms with Gasteiger partial charge in [-0.3, -0.25) is 9.59 Å². The van der Waals surface area contributed by atoms with Crippen LogP contribution in [0.15, 0.2) is 66.7 Å². The molecule has 2 N–H and O–H groups in total. The summed E-state index contributed by atoms with van der Waals surface area (Å²) in [5, 5.41) is 5.63. The summed E-state index contributed by atoms with van der Waals surface area (Å²) in [5.41, 5.74) is 1.85. The van der Waals surface area contributed by atoms with Gasteiger partial charge >= 0.3 is 0 Å². The van der Waals surface area contributed by atoms with E-state index in [0.717, 1.165) is 0 Å². The second kappa shape index (κ2) is 7.44. The number of fused-ring (bicyclic) bond motifs is 2. The molecule has 28 heavy (non-hydrogen) atoms. The summed E-state index contributed by atoms with van der Waals surface area (Å²) in [6, 6.07) is 19.2. The van der Waals surface area contributed by atoms with Crippen molar-refractivity contribution in [1.82, 2.24) is 0 Å². The van der Waals surface area contributed by atoms with Crippen molar-refractivity contribution in [3.8, 4) is 17.2 Å². The molecule has 0 aromatic heterocycles. The number of carbonyl (C=O) groups excluding carboxylic acids is 2. The average Bonchev–Trinajstić information content (AvgIpc) is 2.84. The molecule has 4 rings (SSSR count). The molecule has 3 aromatic rings. The van der Waals surface area contributed by atoms with Gasteiger partial charge in [-0.15, -0.1) is 0 Å². The molecule has 0 fully saturated rings. The Morgan fingerprint density at radius 2 is 1.82 bits per heavy atom. The number of anilines is 2. The number of benzene rings is 3. The molecule has 6 nitrogen and oxygen atoms in total. The summed E-state index contributed by atoms with van der Waals surface area (Å²) in [5.74, 6) is 0.883. The zero-order valence-corrected chi connectivity index (χ0v) is 15.2. The van der Waals surface area contributed by atoms with Crippen molar-refractivity contribution in [3.05, 3.63) is 77.9 Å². The molecule has 0 radical (unpaired) electrons. The molecule has 2 amide bonds. The largest absolute Gasteiger partial charge is 0.493 e. The lowest BCUT2D eigenvalue weighted by Gasteiger charge is -2.12. The lowest BCUT2D eigenvalue weighted by Crippen LogP contribution is -2.15. The summed E-state index contributed by atoms with van der Waals surface area (Å²) in [6.45, 7) is 2.32. The summed E-state index contributed by atoms with van der Waals surface area (Å²) in [4.78, 5) is 25.3. The Bertz CT molecular complexity index is 1060. The number of amides is 2. The van der Waals surface area contributed by atoms with Crippen LogP contribution in [0, 0.1) is 0 Å². The van der Waals surface area contributed by atoms with Crippen LogP contribution < -0.4 is 20.1 Å². The number of rotatable bonds is 4. The van der Waals surface area contributed by atoms with Gasteiger partial charge in [0.25, 0.3) is 11.8 Å². The summed E-state index contributed by atoms with van der Waals surface area (Å²) in [7, 11) is 0. The third kappa shape index (κ3) is 3.40. The monoisotopic (exact) mass is 374 g/mol. The topological polar surface area (TPSA) is 76.7 Å². The molecular formula is C22H18N2O4. The highest BCUT2D eigenvalue weighted by molar-refractivity contribution is 6.10. The summed E-state index contributed by atoms with van der Waals surface area (Å²) in [6.07, 6.45) is 0. The van der Waals surface area contributed by atoms with Gasteiger partial charge in [0, 0.05) is 5.69 Å². The molecule has 0 spiro atoms. The van der Waals surface area contributed by atoms with Gasteiger partial charge in [0.1, 0.15) is 11.5 Å². The lowest BCUT2D eigenvalue weighted by molar-refractivity contribution is 0.101. The maximum Gasteiger partial charge on any atom is 0.259 e. The highest BCUT2D eigenvalue weighted by Crippen LogP contribution is 2.36. The van der Waals surface area contributed by atoms with E-state index in [0.29, 0.717) is 46.4 Å². The van der Waals surface area contributed by atoms with E-state index in [2.05, 4.69) is 10.6 Å². The van der Waals surface area contributed by atoms with Crippen molar-refractivity contribution in [2.24, 2.45) is 0 Å². The average molecular weight is 374 g/mol. The minimum Gasteiger partial charge on any atom is -0.493 e. The number of para-hydroxylation sites is 3. The Morgan fingerprint density at radius 1 is 1.04 bits per heavy atom. The van der Waals surface area contributed by atoms with Crippen LogP contribution in [-0.2, 0) is 0 Å². The molecule has 1 aliphatic rings. The quantitative estimate of drug-likeness (QED) is 0.694. The van der Waals surface area contributed by atoms with Gasteiger partial charge < -0.3 is 20.1 Å². The number of ether oxygens (including phenoxy) is 2. The fourth-order valence-electron chi connectivity index (χ4n) is 2.98. The molecule has 0 aliphatic carbocycles. The van der Waals surface area contributed by atoms with Crippen LogP contribution in [-0.4, -0.2) is 18.4 Å². The Morgan fingerprint density at radius 3 is 2.68 bits per heavy atom. The SMILES string of the molecule is CCOc1ccccc1C(=O)Nc1ccc2c(c1)C(=O)Nc1ccccc1O2. The maximum atomic E-state index is 12.7. The first kappa shape index (κ1) is 17.6. The Labute approximate surface area is 162 Å². The molecule has 0 saturated heterocycles. The Hall–Kier alpha value is -3.80. The van der Waals surface area contributed by atoms with Crippen LogP contribution in [0.2, 0.25) is 0 Å². The first-order valence-corrected chi connectivity index (χ1v) is 8.91. The van der Waals surface area contributed by atoms with E-state index in [1.54, 1.807) is 48.5 Å². The Balaban J connectivity index is 1.61. The maximum absolute atomic E-state index is 12.7.